The molecule has 82 valence electrons. The van der Waals surface area contributed by atoms with E-state index in [1.807, 2.05) is 0 Å². The van der Waals surface area contributed by atoms with Gasteiger partial charge in [-0.1, -0.05) is 12.1 Å². The predicted octanol–water partition coefficient (Wildman–Crippen LogP) is 1.29. The number of carbonyl (C=O) groups excluding carboxylic acids is 1. The number of ketones is 1. The van der Waals surface area contributed by atoms with E-state index in [0.717, 1.165) is 0 Å². The molecule has 0 aliphatic heterocycles. The molecule has 1 atom stereocenters. The summed E-state index contributed by atoms with van der Waals surface area (Å²) in [6.45, 7) is 1.58. The largest absolute Gasteiger partial charge is 0.494 e. The highest BCUT2D eigenvalue weighted by molar-refractivity contribution is 5.85. The van der Waals surface area contributed by atoms with Crippen LogP contribution in [0.4, 0.5) is 4.39 Å². The van der Waals surface area contributed by atoms with Crippen LogP contribution in [0.3, 0.4) is 0 Å². The number of hydrogen-bond donors (Lipinski definition) is 1. The Balaban J connectivity index is 2.91. The number of carbonyl (C=O) groups is 1. The molecule has 1 aromatic rings. The van der Waals surface area contributed by atoms with Gasteiger partial charge in [0.15, 0.2) is 17.3 Å². The van der Waals surface area contributed by atoms with Gasteiger partial charge in [0.05, 0.1) is 13.2 Å². The van der Waals surface area contributed by atoms with E-state index in [9.17, 15) is 9.18 Å². The first kappa shape index (κ1) is 11.7. The molecule has 0 saturated carbocycles. The summed E-state index contributed by atoms with van der Waals surface area (Å²) in [5.74, 6) is -0.541. The van der Waals surface area contributed by atoms with Crippen LogP contribution in [0.5, 0.6) is 5.75 Å². The van der Waals surface area contributed by atoms with Crippen molar-refractivity contribution < 1.29 is 13.9 Å². The standard InChI is InChI=1S/C11H14FNO2/c1-7(13)9(14)6-8-4-3-5-10(15-2)11(8)12/h3-5,7H,6,13H2,1-2H3. The van der Waals surface area contributed by atoms with Gasteiger partial charge in [0.1, 0.15) is 0 Å². The van der Waals surface area contributed by atoms with Gasteiger partial charge in [0, 0.05) is 6.42 Å². The van der Waals surface area contributed by atoms with Gasteiger partial charge < -0.3 is 10.5 Å². The number of ether oxygens (including phenoxy) is 1. The maximum atomic E-state index is 13.6. The first-order valence-corrected chi connectivity index (χ1v) is 4.66. The summed E-state index contributed by atoms with van der Waals surface area (Å²) in [4.78, 5) is 11.3. The van der Waals surface area contributed by atoms with Crippen molar-refractivity contribution in [2.24, 2.45) is 5.73 Å². The molecule has 0 spiro atoms. The van der Waals surface area contributed by atoms with Crippen molar-refractivity contribution in [1.82, 2.24) is 0 Å². The van der Waals surface area contributed by atoms with E-state index in [2.05, 4.69) is 0 Å². The molecule has 3 nitrogen and oxygen atoms in total. The van der Waals surface area contributed by atoms with E-state index in [1.54, 1.807) is 19.1 Å². The monoisotopic (exact) mass is 211 g/mol. The molecule has 0 aliphatic rings. The highest BCUT2D eigenvalue weighted by Crippen LogP contribution is 2.20. The van der Waals surface area contributed by atoms with Crippen molar-refractivity contribution in [2.75, 3.05) is 7.11 Å². The first-order valence-electron chi connectivity index (χ1n) is 4.66. The van der Waals surface area contributed by atoms with Crippen LogP contribution in [-0.4, -0.2) is 18.9 Å². The smallest absolute Gasteiger partial charge is 0.168 e. The highest BCUT2D eigenvalue weighted by atomic mass is 19.1. The fourth-order valence-corrected chi connectivity index (χ4v) is 1.20. The molecule has 1 rings (SSSR count). The number of hydrogen-bond acceptors (Lipinski definition) is 3. The van der Waals surface area contributed by atoms with Gasteiger partial charge in [-0.3, -0.25) is 4.79 Å². The molecule has 15 heavy (non-hydrogen) atoms. The molecule has 0 fully saturated rings. The third-order valence-corrected chi connectivity index (χ3v) is 2.14. The van der Waals surface area contributed by atoms with Gasteiger partial charge in [-0.05, 0) is 18.6 Å². The van der Waals surface area contributed by atoms with Crippen LogP contribution in [0, 0.1) is 5.82 Å². The van der Waals surface area contributed by atoms with Crippen molar-refractivity contribution in [3.05, 3.63) is 29.6 Å². The summed E-state index contributed by atoms with van der Waals surface area (Å²) in [5.41, 5.74) is 5.72. The summed E-state index contributed by atoms with van der Waals surface area (Å²) in [6, 6.07) is 4.13. The minimum Gasteiger partial charge on any atom is -0.494 e. The molecule has 0 heterocycles. The zero-order valence-corrected chi connectivity index (χ0v) is 8.79. The SMILES string of the molecule is COc1cccc(CC(=O)C(C)N)c1F. The molecule has 0 saturated heterocycles. The first-order chi connectivity index (χ1) is 7.06. The normalized spacial score (nSPS) is 12.3. The lowest BCUT2D eigenvalue weighted by Gasteiger charge is -2.08. The Hall–Kier alpha value is -1.42. The van der Waals surface area contributed by atoms with Gasteiger partial charge in [0.2, 0.25) is 0 Å². The van der Waals surface area contributed by atoms with Crippen molar-refractivity contribution in [3.63, 3.8) is 0 Å². The number of methoxy groups -OCH3 is 1. The van der Waals surface area contributed by atoms with E-state index < -0.39 is 11.9 Å². The lowest BCUT2D eigenvalue weighted by molar-refractivity contribution is -0.119. The fourth-order valence-electron chi connectivity index (χ4n) is 1.20. The fraction of sp³-hybridized carbons (Fsp3) is 0.364. The predicted molar refractivity (Wildman–Crippen MR) is 55.3 cm³/mol. The van der Waals surface area contributed by atoms with Crippen LogP contribution < -0.4 is 10.5 Å². The van der Waals surface area contributed by atoms with E-state index in [1.165, 1.54) is 13.2 Å². The van der Waals surface area contributed by atoms with Crippen LogP contribution >= 0.6 is 0 Å². The summed E-state index contributed by atoms with van der Waals surface area (Å²) >= 11 is 0. The molecule has 4 heteroatoms. The second-order valence-electron chi connectivity index (χ2n) is 3.37. The topological polar surface area (TPSA) is 52.3 Å². The van der Waals surface area contributed by atoms with Gasteiger partial charge >= 0.3 is 0 Å². The van der Waals surface area contributed by atoms with Gasteiger partial charge in [0.25, 0.3) is 0 Å². The summed E-state index contributed by atoms with van der Waals surface area (Å²) < 4.78 is 18.4. The van der Waals surface area contributed by atoms with Gasteiger partial charge in [-0.2, -0.15) is 0 Å². The lowest BCUT2D eigenvalue weighted by Crippen LogP contribution is -2.28. The molecule has 2 N–H and O–H groups in total. The molecule has 0 bridgehead atoms. The Bertz CT molecular complexity index is 364. The zero-order chi connectivity index (χ0) is 11.4. The molecular weight excluding hydrogens is 197 g/mol. The second kappa shape index (κ2) is 4.89. The number of Topliss-reactive ketones (excluding diaryl/α,β-unsaturated/α-hetero) is 1. The van der Waals surface area contributed by atoms with Crippen LogP contribution in [0.1, 0.15) is 12.5 Å². The van der Waals surface area contributed by atoms with Crippen molar-refractivity contribution in [3.8, 4) is 5.75 Å². The lowest BCUT2D eigenvalue weighted by atomic mass is 10.0. The molecule has 0 aliphatic carbocycles. The summed E-state index contributed by atoms with van der Waals surface area (Å²) in [7, 11) is 1.38. The Morgan fingerprint density at radius 2 is 2.27 bits per heavy atom. The highest BCUT2D eigenvalue weighted by Gasteiger charge is 2.14. The van der Waals surface area contributed by atoms with Crippen LogP contribution in [0.15, 0.2) is 18.2 Å². The van der Waals surface area contributed by atoms with Crippen LogP contribution in [0.2, 0.25) is 0 Å². The quantitative estimate of drug-likeness (QED) is 0.816. The molecular formula is C11H14FNO2. The van der Waals surface area contributed by atoms with E-state index >= 15 is 0 Å². The Morgan fingerprint density at radius 3 is 2.80 bits per heavy atom. The Morgan fingerprint density at radius 1 is 1.60 bits per heavy atom. The minimum absolute atomic E-state index is 0.000694. The minimum atomic E-state index is -0.574. The molecule has 0 amide bonds. The summed E-state index contributed by atoms with van der Waals surface area (Å²) in [6.07, 6.45) is 0.000694. The van der Waals surface area contributed by atoms with Crippen LogP contribution in [-0.2, 0) is 11.2 Å². The molecule has 1 aromatic carbocycles. The summed E-state index contributed by atoms with van der Waals surface area (Å²) in [5, 5.41) is 0. The van der Waals surface area contributed by atoms with Gasteiger partial charge in [-0.15, -0.1) is 0 Å². The third-order valence-electron chi connectivity index (χ3n) is 2.14. The maximum absolute atomic E-state index is 13.6. The Kier molecular flexibility index (Phi) is 3.80. The molecule has 1 unspecified atom stereocenters. The van der Waals surface area contributed by atoms with E-state index in [0.29, 0.717) is 5.56 Å². The van der Waals surface area contributed by atoms with E-state index in [4.69, 9.17) is 10.5 Å². The average Bonchev–Trinajstić information content (AvgIpc) is 2.21. The average molecular weight is 211 g/mol. The number of halogens is 1. The van der Waals surface area contributed by atoms with Crippen LogP contribution in [0.25, 0.3) is 0 Å². The Labute approximate surface area is 88.0 Å². The van der Waals surface area contributed by atoms with Crippen molar-refractivity contribution in [1.29, 1.82) is 0 Å². The number of benzene rings is 1. The third kappa shape index (κ3) is 2.76. The number of nitrogens with two attached hydrogens (primary N) is 1. The molecule has 0 radical (unpaired) electrons. The second-order valence-corrected chi connectivity index (χ2v) is 3.37. The molecule has 0 aromatic heterocycles. The number of rotatable bonds is 4. The van der Waals surface area contributed by atoms with Gasteiger partial charge in [-0.25, -0.2) is 4.39 Å². The zero-order valence-electron chi connectivity index (χ0n) is 8.79. The maximum Gasteiger partial charge on any atom is 0.168 e. The van der Waals surface area contributed by atoms with Crippen molar-refractivity contribution >= 4 is 5.78 Å². The van der Waals surface area contributed by atoms with E-state index in [-0.39, 0.29) is 18.0 Å². The van der Waals surface area contributed by atoms with Crippen molar-refractivity contribution in [2.45, 2.75) is 19.4 Å².